The lowest BCUT2D eigenvalue weighted by Gasteiger charge is -2.46. The van der Waals surface area contributed by atoms with Crippen molar-refractivity contribution in [3.8, 4) is 11.5 Å². The van der Waals surface area contributed by atoms with E-state index in [9.17, 15) is 13.2 Å². The van der Waals surface area contributed by atoms with Crippen molar-refractivity contribution < 1.29 is 13.2 Å². The highest BCUT2D eigenvalue weighted by atomic mass is 32.2. The molecule has 192 valence electrons. The van der Waals surface area contributed by atoms with Crippen LogP contribution in [0.4, 0.5) is 19.0 Å². The molecule has 2 aliphatic rings. The zero-order valence-electron chi connectivity index (χ0n) is 19.9. The van der Waals surface area contributed by atoms with E-state index in [0.717, 1.165) is 55.7 Å². The van der Waals surface area contributed by atoms with Crippen molar-refractivity contribution in [3.63, 3.8) is 0 Å². The molecule has 3 aromatic rings. The number of thioether (sulfide) groups is 1. The first-order valence-electron chi connectivity index (χ1n) is 11.6. The van der Waals surface area contributed by atoms with Crippen LogP contribution in [-0.4, -0.2) is 74.2 Å². The van der Waals surface area contributed by atoms with E-state index >= 15 is 0 Å². The topological polar surface area (TPSA) is 99.4 Å². The number of alkyl halides is 3. The minimum Gasteiger partial charge on any atom is -0.405 e. The first kappa shape index (κ1) is 26.0. The van der Waals surface area contributed by atoms with E-state index in [2.05, 4.69) is 31.0 Å². The molecule has 36 heavy (non-hydrogen) atoms. The van der Waals surface area contributed by atoms with Crippen molar-refractivity contribution in [2.24, 2.45) is 5.73 Å². The number of fused-ring (bicyclic) bond motifs is 1. The van der Waals surface area contributed by atoms with E-state index in [1.165, 1.54) is 41.8 Å². The quantitative estimate of drug-likeness (QED) is 0.494. The highest BCUT2D eigenvalue weighted by molar-refractivity contribution is 7.99. The molecule has 0 spiro atoms. The third-order valence-electron chi connectivity index (χ3n) is 6.47. The maximum Gasteiger partial charge on any atom is 0.417 e. The van der Waals surface area contributed by atoms with E-state index in [1.54, 1.807) is 6.20 Å². The molecule has 5 rings (SSSR count). The highest BCUT2D eigenvalue weighted by Crippen LogP contribution is 2.34. The zero-order valence-corrected chi connectivity index (χ0v) is 20.7. The number of nitrogens with two attached hydrogens (primary N) is 1. The fourth-order valence-electron chi connectivity index (χ4n) is 4.36. The molecule has 0 atom stereocenters. The maximum absolute atomic E-state index is 13.1. The smallest absolute Gasteiger partial charge is 0.405 e. The summed E-state index contributed by atoms with van der Waals surface area (Å²) in [7, 11) is 0. The van der Waals surface area contributed by atoms with Gasteiger partial charge in [-0.3, -0.25) is 9.30 Å². The molecule has 0 unspecified atom stereocenters. The summed E-state index contributed by atoms with van der Waals surface area (Å²) >= 11 is 1.96. The Kier molecular flexibility index (Phi) is 8.14. The Bertz CT molecular complexity index is 1200. The summed E-state index contributed by atoms with van der Waals surface area (Å²) in [5.41, 5.74) is 4.95. The molecule has 0 aromatic carbocycles. The molecule has 0 radical (unpaired) electrons. The lowest BCUT2D eigenvalue weighted by Crippen LogP contribution is -2.54. The average molecular weight is 519 g/mol. The number of halogens is 3. The Morgan fingerprint density at radius 2 is 1.86 bits per heavy atom. The molecule has 3 N–H and O–H groups in total. The zero-order chi connectivity index (χ0) is 25.7. The van der Waals surface area contributed by atoms with Crippen LogP contribution in [0.15, 0.2) is 49.1 Å². The maximum atomic E-state index is 13.1. The summed E-state index contributed by atoms with van der Waals surface area (Å²) in [6.07, 6.45) is 8.41. The number of nitrogens with one attached hydrogen (secondary N) is 1. The van der Waals surface area contributed by atoms with E-state index < -0.39 is 11.7 Å². The minimum atomic E-state index is -4.42. The normalized spacial score (nSPS) is 20.7. The first-order chi connectivity index (χ1) is 17.3. The van der Waals surface area contributed by atoms with E-state index in [4.69, 9.17) is 11.1 Å². The van der Waals surface area contributed by atoms with Crippen molar-refractivity contribution in [1.29, 1.82) is 5.41 Å². The summed E-state index contributed by atoms with van der Waals surface area (Å²) in [6.45, 7) is 3.75. The van der Waals surface area contributed by atoms with Crippen LogP contribution in [0, 0.1) is 5.41 Å². The van der Waals surface area contributed by atoms with Crippen LogP contribution >= 0.6 is 11.8 Å². The molecule has 2 fully saturated rings. The van der Waals surface area contributed by atoms with Gasteiger partial charge < -0.3 is 16.0 Å². The number of anilines is 1. The molecule has 8 nitrogen and oxygen atoms in total. The standard InChI is InChI=1S/C21H23F3N6S.C3H6N2/c1-31-16-10-15(11-16)28-6-8-29(9-7-28)19-4-5-25-20(27-19)17-12-26-18-3-2-14(13-30(17)18)21(22,23)24;4-2-1-3-5/h2-5,12-13,15-16H,6-11H2,1H3;1-4H,5H2/b;3-1-,4-2?. The third-order valence-corrected chi connectivity index (χ3v) is 7.52. The van der Waals surface area contributed by atoms with Crippen molar-refractivity contribution in [2.45, 2.75) is 30.3 Å². The predicted octanol–water partition coefficient (Wildman–Crippen LogP) is 3.93. The van der Waals surface area contributed by atoms with Crippen LogP contribution in [0.5, 0.6) is 0 Å². The van der Waals surface area contributed by atoms with Crippen molar-refractivity contribution >= 4 is 29.4 Å². The number of nitrogens with zero attached hydrogens (tertiary/aromatic N) is 6. The van der Waals surface area contributed by atoms with Gasteiger partial charge >= 0.3 is 6.18 Å². The first-order valence-corrected chi connectivity index (χ1v) is 12.9. The summed E-state index contributed by atoms with van der Waals surface area (Å²) < 4.78 is 40.8. The lowest BCUT2D eigenvalue weighted by atomic mass is 9.90. The van der Waals surface area contributed by atoms with Crippen LogP contribution in [0.3, 0.4) is 0 Å². The highest BCUT2D eigenvalue weighted by Gasteiger charge is 2.35. The minimum absolute atomic E-state index is 0.369. The number of hydrogen-bond acceptors (Lipinski definition) is 8. The Labute approximate surface area is 211 Å². The number of imidazole rings is 1. The Hall–Kier alpha value is -3.12. The fourth-order valence-corrected chi connectivity index (χ4v) is 5.19. The summed E-state index contributed by atoms with van der Waals surface area (Å²) in [5, 5.41) is 7.11. The van der Waals surface area contributed by atoms with Crippen molar-refractivity contribution in [1.82, 2.24) is 24.3 Å². The van der Waals surface area contributed by atoms with Gasteiger partial charge in [-0.15, -0.1) is 0 Å². The predicted molar refractivity (Wildman–Crippen MR) is 137 cm³/mol. The molecule has 3 aromatic heterocycles. The second-order valence-corrected chi connectivity index (χ2v) is 9.72. The second-order valence-electron chi connectivity index (χ2n) is 8.58. The van der Waals surface area contributed by atoms with Gasteiger partial charge in [0.05, 0.1) is 11.8 Å². The van der Waals surface area contributed by atoms with Gasteiger partial charge in [0.1, 0.15) is 17.2 Å². The average Bonchev–Trinajstić information content (AvgIpc) is 3.28. The van der Waals surface area contributed by atoms with Crippen LogP contribution < -0.4 is 10.6 Å². The Balaban J connectivity index is 0.000000556. The van der Waals surface area contributed by atoms with Gasteiger partial charge in [0.15, 0.2) is 5.82 Å². The molecule has 1 saturated carbocycles. The number of pyridine rings is 1. The van der Waals surface area contributed by atoms with Crippen LogP contribution in [0.1, 0.15) is 18.4 Å². The molecule has 0 bridgehead atoms. The largest absolute Gasteiger partial charge is 0.417 e. The molecule has 12 heteroatoms. The van der Waals surface area contributed by atoms with Gasteiger partial charge in [0.25, 0.3) is 0 Å². The number of piperazine rings is 1. The van der Waals surface area contributed by atoms with E-state index in [0.29, 0.717) is 23.2 Å². The molecular weight excluding hydrogens is 489 g/mol. The lowest BCUT2D eigenvalue weighted by molar-refractivity contribution is -0.137. The van der Waals surface area contributed by atoms with Gasteiger partial charge in [-0.1, -0.05) is 0 Å². The second kappa shape index (κ2) is 11.3. The molecular formula is C24H29F3N8S. The summed E-state index contributed by atoms with van der Waals surface area (Å²) in [6, 6.07) is 4.95. The molecule has 1 aliphatic carbocycles. The van der Waals surface area contributed by atoms with Gasteiger partial charge in [0, 0.05) is 56.1 Å². The van der Waals surface area contributed by atoms with Gasteiger partial charge in [0.2, 0.25) is 0 Å². The van der Waals surface area contributed by atoms with Gasteiger partial charge in [-0.05, 0) is 49.6 Å². The molecule has 1 saturated heterocycles. The van der Waals surface area contributed by atoms with Crippen LogP contribution in [0.25, 0.3) is 17.2 Å². The summed E-state index contributed by atoms with van der Waals surface area (Å²) in [4.78, 5) is 18.0. The molecule has 1 aliphatic heterocycles. The van der Waals surface area contributed by atoms with Gasteiger partial charge in [-0.2, -0.15) is 24.9 Å². The fraction of sp³-hybridized carbons (Fsp3) is 0.417. The van der Waals surface area contributed by atoms with Crippen molar-refractivity contribution in [2.75, 3.05) is 37.3 Å². The summed E-state index contributed by atoms with van der Waals surface area (Å²) in [5.74, 6) is 1.16. The Morgan fingerprint density at radius 1 is 1.11 bits per heavy atom. The molecule has 0 amide bonds. The number of rotatable bonds is 5. The third kappa shape index (κ3) is 5.81. The van der Waals surface area contributed by atoms with Crippen molar-refractivity contribution in [3.05, 3.63) is 54.6 Å². The number of allylic oxidation sites excluding steroid dienone is 1. The monoisotopic (exact) mass is 518 g/mol. The van der Waals surface area contributed by atoms with Gasteiger partial charge in [-0.25, -0.2) is 15.0 Å². The molecule has 4 heterocycles. The van der Waals surface area contributed by atoms with Crippen LogP contribution in [-0.2, 0) is 6.18 Å². The Morgan fingerprint density at radius 3 is 2.47 bits per heavy atom. The van der Waals surface area contributed by atoms with E-state index in [1.807, 2.05) is 17.8 Å². The number of hydrogen-bond donors (Lipinski definition) is 2. The van der Waals surface area contributed by atoms with Crippen LogP contribution in [0.2, 0.25) is 0 Å². The van der Waals surface area contributed by atoms with E-state index in [-0.39, 0.29) is 0 Å². The number of aromatic nitrogens is 4. The SMILES string of the molecule is CSC1CC(N2CCN(c3ccnc(-c4cnc5ccc(C(F)(F)F)cn45)n3)CC2)C1.N=C/C=C\N.